The van der Waals surface area contributed by atoms with E-state index in [0.717, 1.165) is 16.9 Å². The van der Waals surface area contributed by atoms with Crippen LogP contribution < -0.4 is 14.8 Å². The van der Waals surface area contributed by atoms with Crippen molar-refractivity contribution in [3.8, 4) is 28.9 Å². The summed E-state index contributed by atoms with van der Waals surface area (Å²) in [4.78, 5) is 0. The summed E-state index contributed by atoms with van der Waals surface area (Å²) in [7, 11) is 1.58. The molecule has 8 nitrogen and oxygen atoms in total. The number of rotatable bonds is 7. The van der Waals surface area contributed by atoms with Gasteiger partial charge in [0.05, 0.1) is 12.8 Å². The van der Waals surface area contributed by atoms with Gasteiger partial charge in [0.15, 0.2) is 11.5 Å². The fourth-order valence-corrected chi connectivity index (χ4v) is 2.76. The van der Waals surface area contributed by atoms with Crippen LogP contribution in [0.4, 0.5) is 5.69 Å². The average Bonchev–Trinajstić information content (AvgIpc) is 3.23. The Hall–Kier alpha value is -4.07. The molecule has 0 spiro atoms. The van der Waals surface area contributed by atoms with Crippen LogP contribution in [0.15, 0.2) is 72.8 Å². The Balaban J connectivity index is 1.51. The molecule has 0 saturated heterocycles. The molecule has 3 aromatic carbocycles. The maximum absolute atomic E-state index is 9.36. The van der Waals surface area contributed by atoms with E-state index < -0.39 is 0 Å². The molecule has 0 aliphatic rings. The van der Waals surface area contributed by atoms with Crippen LogP contribution in [-0.2, 0) is 6.54 Å². The number of aromatic hydroxyl groups is 1. The van der Waals surface area contributed by atoms with E-state index >= 15 is 0 Å². The Bertz CT molecular complexity index is 1080. The van der Waals surface area contributed by atoms with Crippen molar-refractivity contribution in [1.82, 2.24) is 20.2 Å². The van der Waals surface area contributed by atoms with Crippen molar-refractivity contribution in [3.63, 3.8) is 0 Å². The highest BCUT2D eigenvalue weighted by Crippen LogP contribution is 2.32. The number of anilines is 1. The maximum atomic E-state index is 9.36. The first-order chi connectivity index (χ1) is 14.2. The van der Waals surface area contributed by atoms with Crippen LogP contribution in [0.1, 0.15) is 5.56 Å². The number of aromatic nitrogens is 4. The van der Waals surface area contributed by atoms with Crippen LogP contribution in [0.2, 0.25) is 0 Å². The number of tetrazole rings is 1. The molecule has 1 heterocycles. The van der Waals surface area contributed by atoms with E-state index in [9.17, 15) is 5.11 Å². The zero-order valence-corrected chi connectivity index (χ0v) is 15.7. The molecule has 0 aliphatic carbocycles. The molecular formula is C21H19N5O3. The van der Waals surface area contributed by atoms with Gasteiger partial charge in [0.25, 0.3) is 0 Å². The van der Waals surface area contributed by atoms with Gasteiger partial charge in [-0.25, -0.2) is 0 Å². The summed E-state index contributed by atoms with van der Waals surface area (Å²) < 4.78 is 12.9. The fraction of sp³-hybridized carbons (Fsp3) is 0.0952. The van der Waals surface area contributed by atoms with Crippen LogP contribution in [0.25, 0.3) is 5.69 Å². The quantitative estimate of drug-likeness (QED) is 0.465. The number of benzene rings is 3. The molecule has 0 bridgehead atoms. The van der Waals surface area contributed by atoms with Gasteiger partial charge in [-0.15, -0.1) is 0 Å². The Labute approximate surface area is 167 Å². The summed E-state index contributed by atoms with van der Waals surface area (Å²) in [5.74, 6) is 1.31. The molecule has 1 aromatic heterocycles. The largest absolute Gasteiger partial charge is 0.508 e. The number of para-hydroxylation sites is 1. The molecule has 8 heteroatoms. The second-order valence-electron chi connectivity index (χ2n) is 6.20. The van der Waals surface area contributed by atoms with Gasteiger partial charge in [-0.3, -0.25) is 0 Å². The first-order valence-corrected chi connectivity index (χ1v) is 8.94. The highest BCUT2D eigenvalue weighted by Gasteiger charge is 2.14. The van der Waals surface area contributed by atoms with Gasteiger partial charge in [0.1, 0.15) is 5.75 Å². The van der Waals surface area contributed by atoms with Crippen molar-refractivity contribution in [2.75, 3.05) is 12.4 Å². The van der Waals surface area contributed by atoms with Crippen molar-refractivity contribution < 1.29 is 14.6 Å². The minimum atomic E-state index is 0.233. The molecule has 2 N–H and O–H groups in total. The average molecular weight is 389 g/mol. The van der Waals surface area contributed by atoms with E-state index in [1.54, 1.807) is 19.2 Å². The predicted octanol–water partition coefficient (Wildman–Crippen LogP) is 3.78. The lowest BCUT2D eigenvalue weighted by molar-refractivity contribution is 0.363. The molecular weight excluding hydrogens is 370 g/mol. The second-order valence-corrected chi connectivity index (χ2v) is 6.20. The van der Waals surface area contributed by atoms with E-state index in [1.807, 2.05) is 60.7 Å². The van der Waals surface area contributed by atoms with Gasteiger partial charge in [0, 0.05) is 12.2 Å². The van der Waals surface area contributed by atoms with E-state index in [4.69, 9.17) is 9.47 Å². The number of hydrogen-bond donors (Lipinski definition) is 2. The number of ether oxygens (including phenoxy) is 2. The third-order valence-electron chi connectivity index (χ3n) is 4.23. The third-order valence-corrected chi connectivity index (χ3v) is 4.23. The summed E-state index contributed by atoms with van der Waals surface area (Å²) in [5, 5.41) is 24.3. The Kier molecular flexibility index (Phi) is 5.24. The minimum Gasteiger partial charge on any atom is -0.508 e. The van der Waals surface area contributed by atoms with Gasteiger partial charge in [0.2, 0.25) is 0 Å². The van der Waals surface area contributed by atoms with Crippen LogP contribution in [0.5, 0.6) is 23.3 Å². The summed E-state index contributed by atoms with van der Waals surface area (Å²) in [6.45, 7) is 0.586. The Morgan fingerprint density at radius 1 is 0.966 bits per heavy atom. The smallest absolute Gasteiger partial charge is 0.346 e. The minimum absolute atomic E-state index is 0.233. The van der Waals surface area contributed by atoms with Crippen molar-refractivity contribution in [2.45, 2.75) is 6.54 Å². The molecule has 4 rings (SSSR count). The number of nitrogens with one attached hydrogen (secondary N) is 1. The van der Waals surface area contributed by atoms with Crippen LogP contribution >= 0.6 is 0 Å². The number of nitrogens with zero attached hydrogens (tertiary/aromatic N) is 4. The fourth-order valence-electron chi connectivity index (χ4n) is 2.76. The van der Waals surface area contributed by atoms with E-state index in [2.05, 4.69) is 20.8 Å². The van der Waals surface area contributed by atoms with Gasteiger partial charge in [-0.1, -0.05) is 29.4 Å². The predicted molar refractivity (Wildman–Crippen MR) is 108 cm³/mol. The standard InChI is InChI=1S/C21H19N5O3/c1-28-20-13-15(14-22-16-8-10-18(27)11-9-16)7-12-19(20)29-21-23-24-25-26(21)17-5-3-2-4-6-17/h2-13,22,27H,14H2,1H3. The summed E-state index contributed by atoms with van der Waals surface area (Å²) in [5.41, 5.74) is 2.70. The highest BCUT2D eigenvalue weighted by atomic mass is 16.5. The first kappa shape index (κ1) is 18.3. The molecule has 0 saturated carbocycles. The van der Waals surface area contributed by atoms with E-state index in [0.29, 0.717) is 18.0 Å². The number of phenolic OH excluding ortho intramolecular Hbond substituents is 1. The zero-order valence-electron chi connectivity index (χ0n) is 15.7. The first-order valence-electron chi connectivity index (χ1n) is 8.94. The Morgan fingerprint density at radius 2 is 1.76 bits per heavy atom. The van der Waals surface area contributed by atoms with Crippen molar-refractivity contribution in [3.05, 3.63) is 78.4 Å². The van der Waals surface area contributed by atoms with Crippen LogP contribution in [-0.4, -0.2) is 32.4 Å². The molecule has 0 amide bonds. The normalized spacial score (nSPS) is 10.5. The molecule has 4 aromatic rings. The van der Waals surface area contributed by atoms with Crippen molar-refractivity contribution in [1.29, 1.82) is 0 Å². The van der Waals surface area contributed by atoms with Gasteiger partial charge in [-0.05, 0) is 64.5 Å². The second kappa shape index (κ2) is 8.30. The maximum Gasteiger partial charge on any atom is 0.346 e. The number of methoxy groups -OCH3 is 1. The SMILES string of the molecule is COc1cc(CNc2ccc(O)cc2)ccc1Oc1nnnn1-c1ccccc1. The molecule has 0 fully saturated rings. The lowest BCUT2D eigenvalue weighted by atomic mass is 10.2. The molecule has 0 aliphatic heterocycles. The molecule has 0 atom stereocenters. The van der Waals surface area contributed by atoms with Gasteiger partial charge >= 0.3 is 6.01 Å². The topological polar surface area (TPSA) is 94.3 Å². The van der Waals surface area contributed by atoms with Gasteiger partial charge < -0.3 is 19.9 Å². The molecule has 0 unspecified atom stereocenters. The van der Waals surface area contributed by atoms with Crippen LogP contribution in [0, 0.1) is 0 Å². The summed E-state index contributed by atoms with van der Waals surface area (Å²) in [6, 6.07) is 22.3. The number of phenols is 1. The van der Waals surface area contributed by atoms with Crippen molar-refractivity contribution in [2.24, 2.45) is 0 Å². The van der Waals surface area contributed by atoms with Crippen LogP contribution in [0.3, 0.4) is 0 Å². The van der Waals surface area contributed by atoms with Crippen molar-refractivity contribution >= 4 is 5.69 Å². The van der Waals surface area contributed by atoms with Gasteiger partial charge in [-0.2, -0.15) is 4.68 Å². The molecule has 146 valence electrons. The molecule has 29 heavy (non-hydrogen) atoms. The lowest BCUT2D eigenvalue weighted by Crippen LogP contribution is -2.02. The summed E-state index contributed by atoms with van der Waals surface area (Å²) in [6.07, 6.45) is 0. The highest BCUT2D eigenvalue weighted by molar-refractivity contribution is 5.49. The third kappa shape index (κ3) is 4.27. The number of hydrogen-bond acceptors (Lipinski definition) is 7. The zero-order chi connectivity index (χ0) is 20.1. The monoisotopic (exact) mass is 389 g/mol. The van der Waals surface area contributed by atoms with E-state index in [-0.39, 0.29) is 11.8 Å². The summed E-state index contributed by atoms with van der Waals surface area (Å²) >= 11 is 0. The lowest BCUT2D eigenvalue weighted by Gasteiger charge is -2.12. The molecule has 0 radical (unpaired) electrons. The van der Waals surface area contributed by atoms with E-state index in [1.165, 1.54) is 4.68 Å². The Morgan fingerprint density at radius 3 is 2.52 bits per heavy atom.